The van der Waals surface area contributed by atoms with Gasteiger partial charge in [0.2, 0.25) is 0 Å². The van der Waals surface area contributed by atoms with Crippen molar-refractivity contribution in [3.8, 4) is 0 Å². The number of carbonyl (C=O) groups is 2. The third-order valence-corrected chi connectivity index (χ3v) is 2.23. The molecule has 1 rings (SSSR count). The van der Waals surface area contributed by atoms with E-state index in [9.17, 15) is 9.59 Å². The maximum atomic E-state index is 11.7. The van der Waals surface area contributed by atoms with Gasteiger partial charge in [0.25, 0.3) is 5.91 Å². The first-order chi connectivity index (χ1) is 8.56. The van der Waals surface area contributed by atoms with Crippen LogP contribution in [0.1, 0.15) is 34.2 Å². The van der Waals surface area contributed by atoms with E-state index in [4.69, 9.17) is 9.84 Å². The highest BCUT2D eigenvalue weighted by molar-refractivity contribution is 6.03. The Balaban J connectivity index is 2.53. The SMILES string of the molecule is CCOCCCNC(=O)c1cn(C)nc1C(=O)O. The minimum atomic E-state index is -1.21. The van der Waals surface area contributed by atoms with Gasteiger partial charge >= 0.3 is 5.97 Å². The fourth-order valence-corrected chi connectivity index (χ4v) is 1.43. The van der Waals surface area contributed by atoms with E-state index in [1.165, 1.54) is 10.9 Å². The molecule has 0 bridgehead atoms. The highest BCUT2D eigenvalue weighted by atomic mass is 16.5. The summed E-state index contributed by atoms with van der Waals surface area (Å²) in [6.07, 6.45) is 2.07. The molecule has 0 spiro atoms. The molecule has 100 valence electrons. The summed E-state index contributed by atoms with van der Waals surface area (Å²) in [7, 11) is 1.57. The minimum absolute atomic E-state index is 0.0707. The second-order valence-corrected chi connectivity index (χ2v) is 3.68. The first-order valence-electron chi connectivity index (χ1n) is 5.69. The molecule has 0 fully saturated rings. The molecule has 0 radical (unpaired) electrons. The van der Waals surface area contributed by atoms with Gasteiger partial charge in [0.15, 0.2) is 5.69 Å². The molecule has 1 amide bonds. The van der Waals surface area contributed by atoms with Crippen LogP contribution in [0.4, 0.5) is 0 Å². The van der Waals surface area contributed by atoms with Gasteiger partial charge in [-0.3, -0.25) is 9.48 Å². The van der Waals surface area contributed by atoms with Gasteiger partial charge < -0.3 is 15.2 Å². The highest BCUT2D eigenvalue weighted by Crippen LogP contribution is 2.06. The number of aromatic carboxylic acids is 1. The van der Waals surface area contributed by atoms with Crippen LogP contribution in [0.15, 0.2) is 6.20 Å². The molecular formula is C11H17N3O4. The first kappa shape index (κ1) is 14.2. The number of carbonyl (C=O) groups excluding carboxylic acids is 1. The van der Waals surface area contributed by atoms with Crippen molar-refractivity contribution < 1.29 is 19.4 Å². The van der Waals surface area contributed by atoms with Gasteiger partial charge in [0.1, 0.15) is 0 Å². The lowest BCUT2D eigenvalue weighted by Gasteiger charge is -2.04. The van der Waals surface area contributed by atoms with Crippen molar-refractivity contribution in [2.45, 2.75) is 13.3 Å². The van der Waals surface area contributed by atoms with Crippen molar-refractivity contribution in [3.05, 3.63) is 17.5 Å². The second kappa shape index (κ2) is 6.75. The highest BCUT2D eigenvalue weighted by Gasteiger charge is 2.20. The van der Waals surface area contributed by atoms with Crippen LogP contribution >= 0.6 is 0 Å². The summed E-state index contributed by atoms with van der Waals surface area (Å²) < 4.78 is 6.43. The van der Waals surface area contributed by atoms with E-state index in [2.05, 4.69) is 10.4 Å². The molecule has 1 aromatic heterocycles. The molecule has 2 N–H and O–H groups in total. The summed E-state index contributed by atoms with van der Waals surface area (Å²) >= 11 is 0. The molecule has 7 nitrogen and oxygen atoms in total. The lowest BCUT2D eigenvalue weighted by atomic mass is 10.2. The smallest absolute Gasteiger partial charge is 0.357 e. The standard InChI is InChI=1S/C11H17N3O4/c1-3-18-6-4-5-12-10(15)8-7-14(2)13-9(8)11(16)17/h7H,3-6H2,1-2H3,(H,12,15)(H,16,17). The van der Waals surface area contributed by atoms with Crippen LogP contribution in [-0.4, -0.2) is 46.5 Å². The summed E-state index contributed by atoms with van der Waals surface area (Å²) in [4.78, 5) is 22.6. The number of nitrogens with zero attached hydrogens (tertiary/aromatic N) is 2. The van der Waals surface area contributed by atoms with Crippen LogP contribution in [0.2, 0.25) is 0 Å². The third-order valence-electron chi connectivity index (χ3n) is 2.23. The van der Waals surface area contributed by atoms with E-state index in [1.807, 2.05) is 6.92 Å². The second-order valence-electron chi connectivity index (χ2n) is 3.68. The van der Waals surface area contributed by atoms with Gasteiger partial charge in [-0.1, -0.05) is 0 Å². The van der Waals surface area contributed by atoms with Crippen molar-refractivity contribution in [1.82, 2.24) is 15.1 Å². The predicted octanol–water partition coefficient (Wildman–Crippen LogP) is 0.275. The average Bonchev–Trinajstić information content (AvgIpc) is 2.71. The van der Waals surface area contributed by atoms with E-state index < -0.39 is 11.9 Å². The molecule has 18 heavy (non-hydrogen) atoms. The zero-order chi connectivity index (χ0) is 13.5. The molecule has 1 aromatic rings. The van der Waals surface area contributed by atoms with Crippen molar-refractivity contribution in [1.29, 1.82) is 0 Å². The minimum Gasteiger partial charge on any atom is -0.476 e. The number of ether oxygens (including phenoxy) is 1. The van der Waals surface area contributed by atoms with Crippen LogP contribution in [-0.2, 0) is 11.8 Å². The summed E-state index contributed by atoms with van der Waals surface area (Å²) in [5, 5.41) is 15.2. The van der Waals surface area contributed by atoms with Gasteiger partial charge in [0.05, 0.1) is 5.56 Å². The molecule has 0 aliphatic heterocycles. The average molecular weight is 255 g/mol. The molecule has 0 saturated carbocycles. The van der Waals surface area contributed by atoms with Crippen LogP contribution in [0, 0.1) is 0 Å². The topological polar surface area (TPSA) is 93.5 Å². The number of rotatable bonds is 7. The molecular weight excluding hydrogens is 238 g/mol. The third kappa shape index (κ3) is 3.85. The Bertz CT molecular complexity index is 428. The molecule has 0 aliphatic carbocycles. The number of hydrogen-bond acceptors (Lipinski definition) is 4. The predicted molar refractivity (Wildman–Crippen MR) is 63.6 cm³/mol. The van der Waals surface area contributed by atoms with Gasteiger partial charge in [-0.25, -0.2) is 4.79 Å². The number of aryl methyl sites for hydroxylation is 1. The van der Waals surface area contributed by atoms with Crippen LogP contribution < -0.4 is 5.32 Å². The molecule has 0 aromatic carbocycles. The van der Waals surface area contributed by atoms with Crippen molar-refractivity contribution >= 4 is 11.9 Å². The van der Waals surface area contributed by atoms with E-state index in [1.54, 1.807) is 7.05 Å². The Morgan fingerprint density at radius 1 is 1.56 bits per heavy atom. The maximum absolute atomic E-state index is 11.7. The Kier molecular flexibility index (Phi) is 5.31. The van der Waals surface area contributed by atoms with Crippen molar-refractivity contribution in [2.24, 2.45) is 7.05 Å². The summed E-state index contributed by atoms with van der Waals surface area (Å²) in [6.45, 7) is 3.54. The number of nitrogens with one attached hydrogen (secondary N) is 1. The summed E-state index contributed by atoms with van der Waals surface area (Å²) in [6, 6.07) is 0. The number of aromatic nitrogens is 2. The molecule has 0 aliphatic rings. The monoisotopic (exact) mass is 255 g/mol. The maximum Gasteiger partial charge on any atom is 0.357 e. The zero-order valence-electron chi connectivity index (χ0n) is 10.5. The first-order valence-corrected chi connectivity index (χ1v) is 5.69. The van der Waals surface area contributed by atoms with Crippen LogP contribution in [0.3, 0.4) is 0 Å². The zero-order valence-corrected chi connectivity index (χ0v) is 10.5. The van der Waals surface area contributed by atoms with Gasteiger partial charge in [-0.15, -0.1) is 0 Å². The van der Waals surface area contributed by atoms with E-state index in [0.29, 0.717) is 26.2 Å². The molecule has 7 heteroatoms. The fourth-order valence-electron chi connectivity index (χ4n) is 1.43. The Morgan fingerprint density at radius 3 is 2.89 bits per heavy atom. The molecule has 0 atom stereocenters. The summed E-state index contributed by atoms with van der Waals surface area (Å²) in [5.41, 5.74) is -0.166. The van der Waals surface area contributed by atoms with E-state index >= 15 is 0 Å². The number of carboxylic acid groups (broad SMARTS) is 1. The molecule has 0 unspecified atom stereocenters. The number of hydrogen-bond donors (Lipinski definition) is 2. The normalized spacial score (nSPS) is 10.3. The van der Waals surface area contributed by atoms with E-state index in [0.717, 1.165) is 0 Å². The Labute approximate surface area is 105 Å². The quantitative estimate of drug-likeness (QED) is 0.682. The van der Waals surface area contributed by atoms with Crippen LogP contribution in [0.25, 0.3) is 0 Å². The van der Waals surface area contributed by atoms with Crippen molar-refractivity contribution in [2.75, 3.05) is 19.8 Å². The molecule has 1 heterocycles. The van der Waals surface area contributed by atoms with Gasteiger partial charge in [0, 0.05) is 33.0 Å². The largest absolute Gasteiger partial charge is 0.476 e. The lowest BCUT2D eigenvalue weighted by Crippen LogP contribution is -2.26. The Hall–Kier alpha value is -1.89. The Morgan fingerprint density at radius 2 is 2.28 bits per heavy atom. The van der Waals surface area contributed by atoms with Gasteiger partial charge in [-0.2, -0.15) is 5.10 Å². The molecule has 0 saturated heterocycles. The van der Waals surface area contributed by atoms with Gasteiger partial charge in [-0.05, 0) is 13.3 Å². The van der Waals surface area contributed by atoms with Crippen molar-refractivity contribution in [3.63, 3.8) is 0 Å². The summed E-state index contributed by atoms with van der Waals surface area (Å²) in [5.74, 6) is -1.65. The fraction of sp³-hybridized carbons (Fsp3) is 0.545. The van der Waals surface area contributed by atoms with E-state index in [-0.39, 0.29) is 11.3 Å². The number of amides is 1. The lowest BCUT2D eigenvalue weighted by molar-refractivity contribution is 0.0683. The number of carboxylic acids is 1. The van der Waals surface area contributed by atoms with Crippen LogP contribution in [0.5, 0.6) is 0 Å².